The summed E-state index contributed by atoms with van der Waals surface area (Å²) < 4.78 is 46.5. The van der Waals surface area contributed by atoms with Crippen molar-refractivity contribution >= 4 is 11.6 Å². The van der Waals surface area contributed by atoms with Gasteiger partial charge < -0.3 is 19.9 Å². The Morgan fingerprint density at radius 1 is 1.17 bits per heavy atom. The van der Waals surface area contributed by atoms with E-state index in [2.05, 4.69) is 15.2 Å². The van der Waals surface area contributed by atoms with Crippen LogP contribution < -0.4 is 10.2 Å². The zero-order chi connectivity index (χ0) is 20.5. The lowest BCUT2D eigenvalue weighted by Crippen LogP contribution is -2.42. The third-order valence-electron chi connectivity index (χ3n) is 6.58. The van der Waals surface area contributed by atoms with Crippen molar-refractivity contribution in [3.63, 3.8) is 0 Å². The van der Waals surface area contributed by atoms with Crippen LogP contribution in [-0.4, -0.2) is 57.3 Å². The summed E-state index contributed by atoms with van der Waals surface area (Å²) in [6.07, 6.45) is 0.538. The van der Waals surface area contributed by atoms with Crippen LogP contribution in [0.3, 0.4) is 0 Å². The Morgan fingerprint density at radius 2 is 1.93 bits per heavy atom. The van der Waals surface area contributed by atoms with Gasteiger partial charge in [0.15, 0.2) is 5.96 Å². The molecule has 1 aromatic carbocycles. The predicted molar refractivity (Wildman–Crippen MR) is 107 cm³/mol. The first-order chi connectivity index (χ1) is 13.9. The van der Waals surface area contributed by atoms with Crippen LogP contribution in [0.25, 0.3) is 0 Å². The average molecular weight is 410 g/mol. The molecule has 1 N–H and O–H groups in total. The lowest BCUT2D eigenvalue weighted by molar-refractivity contribution is -0.138. The molecule has 1 aliphatic carbocycles. The van der Waals surface area contributed by atoms with Gasteiger partial charge in [-0.2, -0.15) is 13.2 Å². The number of ether oxygens (including phenoxy) is 1. The van der Waals surface area contributed by atoms with Crippen LogP contribution in [0, 0.1) is 5.41 Å². The molecular formula is C21H29F3N4O. The van der Waals surface area contributed by atoms with Gasteiger partial charge in [-0.3, -0.25) is 4.99 Å². The highest BCUT2D eigenvalue weighted by Gasteiger charge is 2.43. The minimum atomic E-state index is -4.40. The molecule has 3 aliphatic rings. The summed E-state index contributed by atoms with van der Waals surface area (Å²) in [5.41, 5.74) is 0.670. The minimum absolute atomic E-state index is 0.106. The van der Waals surface area contributed by atoms with Crippen LogP contribution in [0.15, 0.2) is 23.2 Å². The Labute approximate surface area is 169 Å². The fraction of sp³-hybridized carbons (Fsp3) is 0.667. The zero-order valence-electron chi connectivity index (χ0n) is 16.9. The van der Waals surface area contributed by atoms with Gasteiger partial charge in [-0.05, 0) is 42.4 Å². The Hall–Kier alpha value is -1.96. The van der Waals surface area contributed by atoms with Gasteiger partial charge in [0.05, 0.1) is 18.8 Å². The molecule has 0 radical (unpaired) electrons. The zero-order valence-corrected chi connectivity index (χ0v) is 16.9. The average Bonchev–Trinajstić information content (AvgIpc) is 3.15. The maximum Gasteiger partial charge on any atom is 0.416 e. The molecule has 1 saturated carbocycles. The Morgan fingerprint density at radius 3 is 2.52 bits per heavy atom. The van der Waals surface area contributed by atoms with E-state index in [1.54, 1.807) is 19.2 Å². The summed E-state index contributed by atoms with van der Waals surface area (Å²) in [5, 5.41) is 3.17. The summed E-state index contributed by atoms with van der Waals surface area (Å²) in [7, 11) is 1.69. The van der Waals surface area contributed by atoms with Gasteiger partial charge in [-0.25, -0.2) is 0 Å². The largest absolute Gasteiger partial charge is 0.416 e. The number of hydrogen-bond donors (Lipinski definition) is 1. The van der Waals surface area contributed by atoms with Crippen molar-refractivity contribution in [2.24, 2.45) is 10.4 Å². The second-order valence-electron chi connectivity index (χ2n) is 8.36. The first kappa shape index (κ1) is 20.3. The fourth-order valence-electron chi connectivity index (χ4n) is 4.71. The molecule has 3 fully saturated rings. The highest BCUT2D eigenvalue weighted by molar-refractivity contribution is 5.80. The smallest absolute Gasteiger partial charge is 0.378 e. The number of rotatable bonds is 3. The van der Waals surface area contributed by atoms with Crippen molar-refractivity contribution in [1.29, 1.82) is 0 Å². The van der Waals surface area contributed by atoms with E-state index in [-0.39, 0.29) is 12.1 Å². The van der Waals surface area contributed by atoms with Crippen molar-refractivity contribution in [2.45, 2.75) is 38.4 Å². The van der Waals surface area contributed by atoms with Crippen molar-refractivity contribution in [2.75, 3.05) is 51.3 Å². The molecule has 2 heterocycles. The van der Waals surface area contributed by atoms with Crippen LogP contribution in [-0.2, 0) is 17.5 Å². The van der Waals surface area contributed by atoms with Gasteiger partial charge in [0.2, 0.25) is 0 Å². The number of hydrogen-bond acceptors (Lipinski definition) is 3. The molecule has 160 valence electrons. The van der Waals surface area contributed by atoms with Crippen molar-refractivity contribution in [1.82, 2.24) is 10.2 Å². The third kappa shape index (κ3) is 4.32. The quantitative estimate of drug-likeness (QED) is 0.612. The number of halogens is 3. The van der Waals surface area contributed by atoms with Gasteiger partial charge in [-0.15, -0.1) is 0 Å². The van der Waals surface area contributed by atoms with E-state index in [0.29, 0.717) is 43.4 Å². The van der Waals surface area contributed by atoms with Gasteiger partial charge in [0, 0.05) is 45.5 Å². The molecule has 0 unspecified atom stereocenters. The van der Waals surface area contributed by atoms with Crippen molar-refractivity contribution in [3.05, 3.63) is 29.3 Å². The van der Waals surface area contributed by atoms with Gasteiger partial charge >= 0.3 is 6.18 Å². The lowest BCUT2D eigenvalue weighted by Gasteiger charge is -2.38. The van der Waals surface area contributed by atoms with Crippen LogP contribution >= 0.6 is 0 Å². The number of nitrogens with zero attached hydrogens (tertiary/aromatic N) is 3. The molecule has 0 aromatic heterocycles. The van der Waals surface area contributed by atoms with Crippen molar-refractivity contribution < 1.29 is 17.9 Å². The SMILES string of the molecule is CN=C(NCc1ccc(N2CCOCC2)cc1C(F)(F)F)N1CCC2(CCC2)C1. The Balaban J connectivity index is 1.47. The minimum Gasteiger partial charge on any atom is -0.378 e. The van der Waals surface area contributed by atoms with Gasteiger partial charge in [-0.1, -0.05) is 12.5 Å². The van der Waals surface area contributed by atoms with Crippen molar-refractivity contribution in [3.8, 4) is 0 Å². The summed E-state index contributed by atoms with van der Waals surface area (Å²) in [6.45, 7) is 4.28. The molecule has 4 rings (SSSR count). The predicted octanol–water partition coefficient (Wildman–Crippen LogP) is 3.49. The monoisotopic (exact) mass is 410 g/mol. The summed E-state index contributed by atoms with van der Waals surface area (Å²) in [5.74, 6) is 0.694. The number of benzene rings is 1. The van der Waals surface area contributed by atoms with Crippen LogP contribution in [0.1, 0.15) is 36.8 Å². The molecule has 2 saturated heterocycles. The number of anilines is 1. The van der Waals surface area contributed by atoms with E-state index >= 15 is 0 Å². The Kier molecular flexibility index (Phi) is 5.64. The second kappa shape index (κ2) is 8.05. The number of nitrogens with one attached hydrogen (secondary N) is 1. The first-order valence-electron chi connectivity index (χ1n) is 10.4. The van der Waals surface area contributed by atoms with Crippen LogP contribution in [0.2, 0.25) is 0 Å². The summed E-state index contributed by atoms with van der Waals surface area (Å²) in [4.78, 5) is 8.45. The molecule has 0 amide bonds. The maximum absolute atomic E-state index is 13.7. The standard InChI is InChI=1S/C21H29F3N4O/c1-25-19(28-8-7-20(15-28)5-2-6-20)26-14-16-3-4-17(13-18(16)21(22,23)24)27-9-11-29-12-10-27/h3-4,13H,2,5-12,14-15H2,1H3,(H,25,26). The third-order valence-corrected chi connectivity index (χ3v) is 6.58. The molecule has 0 atom stereocenters. The summed E-state index contributed by atoms with van der Waals surface area (Å²) in [6, 6.07) is 4.63. The molecular weight excluding hydrogens is 381 g/mol. The topological polar surface area (TPSA) is 40.1 Å². The molecule has 1 spiro atoms. The highest BCUT2D eigenvalue weighted by atomic mass is 19.4. The van der Waals surface area contributed by atoms with Crippen LogP contribution in [0.5, 0.6) is 0 Å². The van der Waals surface area contributed by atoms with Gasteiger partial charge in [0.1, 0.15) is 0 Å². The second-order valence-corrected chi connectivity index (χ2v) is 8.36. The van der Waals surface area contributed by atoms with E-state index < -0.39 is 11.7 Å². The van der Waals surface area contributed by atoms with Crippen LogP contribution in [0.4, 0.5) is 18.9 Å². The molecule has 29 heavy (non-hydrogen) atoms. The van der Waals surface area contributed by atoms with E-state index in [4.69, 9.17) is 4.74 Å². The number of likely N-dealkylation sites (tertiary alicyclic amines) is 1. The lowest BCUT2D eigenvalue weighted by atomic mass is 9.68. The maximum atomic E-state index is 13.7. The number of alkyl halides is 3. The van der Waals surface area contributed by atoms with E-state index in [1.165, 1.54) is 25.3 Å². The molecule has 0 bridgehead atoms. The Bertz CT molecular complexity index is 755. The number of morpholine rings is 1. The first-order valence-corrected chi connectivity index (χ1v) is 10.4. The normalized spacial score (nSPS) is 22.1. The van der Waals surface area contributed by atoms with E-state index in [0.717, 1.165) is 19.5 Å². The highest BCUT2D eigenvalue weighted by Crippen LogP contribution is 2.47. The van der Waals surface area contributed by atoms with E-state index in [9.17, 15) is 13.2 Å². The summed E-state index contributed by atoms with van der Waals surface area (Å²) >= 11 is 0. The van der Waals surface area contributed by atoms with E-state index in [1.807, 2.05) is 4.90 Å². The molecule has 8 heteroatoms. The molecule has 5 nitrogen and oxygen atoms in total. The molecule has 2 aliphatic heterocycles. The van der Waals surface area contributed by atoms with Gasteiger partial charge in [0.25, 0.3) is 0 Å². The number of guanidine groups is 1. The molecule has 1 aromatic rings. The number of aliphatic imine (C=N–C) groups is 1. The fourth-order valence-corrected chi connectivity index (χ4v) is 4.71.